The fourth-order valence-electron chi connectivity index (χ4n) is 4.22. The lowest BCUT2D eigenvalue weighted by atomic mass is 9.97. The molecular weight excluding hydrogens is 456 g/mol. The predicted molar refractivity (Wildman–Crippen MR) is 138 cm³/mol. The summed E-state index contributed by atoms with van der Waals surface area (Å²) < 4.78 is 0. The molecule has 0 aliphatic carbocycles. The quantitative estimate of drug-likeness (QED) is 0.492. The molecule has 0 bridgehead atoms. The summed E-state index contributed by atoms with van der Waals surface area (Å²) in [5, 5.41) is 11.3. The molecule has 1 aliphatic heterocycles. The van der Waals surface area contributed by atoms with E-state index in [1.165, 1.54) is 0 Å². The maximum atomic E-state index is 13.5. The largest absolute Gasteiger partial charge is 0.342 e. The molecule has 0 aromatic heterocycles. The van der Waals surface area contributed by atoms with E-state index in [1.807, 2.05) is 88.4 Å². The smallest absolute Gasteiger partial charge is 0.243 e. The van der Waals surface area contributed by atoms with Crippen LogP contribution in [0.4, 0.5) is 0 Å². The number of rotatable bonds is 6. The first-order valence-electron chi connectivity index (χ1n) is 12.4. The van der Waals surface area contributed by atoms with Gasteiger partial charge in [-0.2, -0.15) is 0 Å². The topological polar surface area (TPSA) is 116 Å². The van der Waals surface area contributed by atoms with Gasteiger partial charge >= 0.3 is 0 Å². The Labute approximate surface area is 212 Å². The molecule has 8 nitrogen and oxygen atoms in total. The molecule has 1 fully saturated rings. The van der Waals surface area contributed by atoms with Crippen molar-refractivity contribution in [2.45, 2.75) is 64.7 Å². The summed E-state index contributed by atoms with van der Waals surface area (Å²) in [6, 6.07) is 15.1. The van der Waals surface area contributed by atoms with E-state index in [4.69, 9.17) is 0 Å². The third-order valence-electron chi connectivity index (χ3n) is 6.33. The third-order valence-corrected chi connectivity index (χ3v) is 6.33. The van der Waals surface area contributed by atoms with Gasteiger partial charge in [0.2, 0.25) is 23.6 Å². The van der Waals surface area contributed by atoms with E-state index in [2.05, 4.69) is 21.3 Å². The zero-order chi connectivity index (χ0) is 26.2. The standard InChI is InChI=1S/C28H36N4O4/c1-17(2)23-27(35)30-21(15-19-11-7-5-8-12-19)25(33)29-22(16-20-13-9-6-10-14-20)26(34)31-24(18(3)4)28(36)32-23/h5-14,17-18,21-24H,15-16H2,1-4H3,(H,29,33)(H,30,35)(H,31,34)(H,32,36). The monoisotopic (exact) mass is 492 g/mol. The number of amides is 4. The van der Waals surface area contributed by atoms with E-state index in [-0.39, 0.29) is 24.7 Å². The normalized spacial score (nSPS) is 23.7. The molecule has 4 N–H and O–H groups in total. The van der Waals surface area contributed by atoms with Crippen LogP contribution in [0.25, 0.3) is 0 Å². The lowest BCUT2D eigenvalue weighted by Gasteiger charge is -2.31. The van der Waals surface area contributed by atoms with Crippen molar-refractivity contribution in [1.29, 1.82) is 0 Å². The summed E-state index contributed by atoms with van der Waals surface area (Å²) in [4.78, 5) is 53.4. The second-order valence-electron chi connectivity index (χ2n) is 9.96. The van der Waals surface area contributed by atoms with Crippen LogP contribution in [0.15, 0.2) is 60.7 Å². The van der Waals surface area contributed by atoms with Crippen LogP contribution in [0, 0.1) is 11.8 Å². The summed E-state index contributed by atoms with van der Waals surface area (Å²) >= 11 is 0. The minimum atomic E-state index is -0.926. The van der Waals surface area contributed by atoms with Gasteiger partial charge in [-0.1, -0.05) is 88.4 Å². The van der Waals surface area contributed by atoms with E-state index < -0.39 is 47.8 Å². The Bertz CT molecular complexity index is 1010. The number of hydrogen-bond donors (Lipinski definition) is 4. The lowest BCUT2D eigenvalue weighted by molar-refractivity contribution is -0.137. The zero-order valence-corrected chi connectivity index (χ0v) is 21.3. The number of carbonyl (C=O) groups is 4. The van der Waals surface area contributed by atoms with Crippen LogP contribution in [-0.2, 0) is 32.0 Å². The van der Waals surface area contributed by atoms with Gasteiger partial charge < -0.3 is 21.3 Å². The second-order valence-corrected chi connectivity index (χ2v) is 9.96. The Morgan fingerprint density at radius 1 is 0.528 bits per heavy atom. The van der Waals surface area contributed by atoms with E-state index in [1.54, 1.807) is 0 Å². The Hall–Kier alpha value is -3.68. The van der Waals surface area contributed by atoms with Crippen molar-refractivity contribution >= 4 is 23.6 Å². The molecule has 4 atom stereocenters. The third kappa shape index (κ3) is 7.16. The highest BCUT2D eigenvalue weighted by atomic mass is 16.2. The Kier molecular flexibility index (Phi) is 9.22. The summed E-state index contributed by atoms with van der Waals surface area (Å²) in [5.74, 6) is -2.25. The molecule has 2 aromatic rings. The first-order valence-corrected chi connectivity index (χ1v) is 12.4. The highest BCUT2D eigenvalue weighted by Gasteiger charge is 2.36. The Morgan fingerprint density at radius 3 is 1.28 bits per heavy atom. The maximum absolute atomic E-state index is 13.5. The Balaban J connectivity index is 1.98. The SMILES string of the molecule is CC(C)C1NC(=O)C(Cc2ccccc2)NC(=O)C(Cc2ccccc2)NC(=O)C(C(C)C)NC1=O. The molecule has 4 unspecified atom stereocenters. The fourth-order valence-corrected chi connectivity index (χ4v) is 4.22. The van der Waals surface area contributed by atoms with Gasteiger partial charge in [0.15, 0.2) is 0 Å². The highest BCUT2D eigenvalue weighted by Crippen LogP contribution is 2.12. The fraction of sp³-hybridized carbons (Fsp3) is 0.429. The predicted octanol–water partition coefficient (Wildman–Crippen LogP) is 1.74. The van der Waals surface area contributed by atoms with Crippen LogP contribution in [0.3, 0.4) is 0 Å². The summed E-state index contributed by atoms with van der Waals surface area (Å²) in [5.41, 5.74) is 1.72. The number of nitrogens with one attached hydrogen (secondary N) is 4. The van der Waals surface area contributed by atoms with Gasteiger partial charge in [-0.25, -0.2) is 0 Å². The van der Waals surface area contributed by atoms with Crippen molar-refractivity contribution in [1.82, 2.24) is 21.3 Å². The number of carbonyl (C=O) groups excluding carboxylic acids is 4. The van der Waals surface area contributed by atoms with Crippen LogP contribution < -0.4 is 21.3 Å². The molecule has 1 saturated heterocycles. The number of hydrogen-bond acceptors (Lipinski definition) is 4. The highest BCUT2D eigenvalue weighted by molar-refractivity contribution is 5.97. The molecule has 36 heavy (non-hydrogen) atoms. The molecule has 0 spiro atoms. The molecule has 3 rings (SSSR count). The molecular formula is C28H36N4O4. The van der Waals surface area contributed by atoms with Gasteiger partial charge in [-0.05, 0) is 23.0 Å². The van der Waals surface area contributed by atoms with Gasteiger partial charge in [0, 0.05) is 12.8 Å². The molecule has 8 heteroatoms. The second kappa shape index (κ2) is 12.3. The van der Waals surface area contributed by atoms with Gasteiger partial charge in [-0.15, -0.1) is 0 Å². The maximum Gasteiger partial charge on any atom is 0.243 e. The summed E-state index contributed by atoms with van der Waals surface area (Å²) in [7, 11) is 0. The van der Waals surface area contributed by atoms with E-state index in [0.29, 0.717) is 0 Å². The van der Waals surface area contributed by atoms with Gasteiger partial charge in [-0.3, -0.25) is 19.2 Å². The van der Waals surface area contributed by atoms with Crippen molar-refractivity contribution in [2.24, 2.45) is 11.8 Å². The van der Waals surface area contributed by atoms with Crippen LogP contribution in [0.1, 0.15) is 38.8 Å². The molecule has 0 saturated carbocycles. The van der Waals surface area contributed by atoms with Crippen LogP contribution >= 0.6 is 0 Å². The van der Waals surface area contributed by atoms with E-state index in [0.717, 1.165) is 11.1 Å². The van der Waals surface area contributed by atoms with Gasteiger partial charge in [0.25, 0.3) is 0 Å². The minimum Gasteiger partial charge on any atom is -0.342 e. The first kappa shape index (κ1) is 26.9. The van der Waals surface area contributed by atoms with Crippen molar-refractivity contribution in [3.05, 3.63) is 71.8 Å². The molecule has 1 aliphatic rings. The van der Waals surface area contributed by atoms with Crippen molar-refractivity contribution in [3.8, 4) is 0 Å². The molecule has 192 valence electrons. The van der Waals surface area contributed by atoms with Crippen LogP contribution in [-0.4, -0.2) is 47.8 Å². The van der Waals surface area contributed by atoms with E-state index in [9.17, 15) is 19.2 Å². The number of benzene rings is 2. The van der Waals surface area contributed by atoms with Crippen molar-refractivity contribution in [3.63, 3.8) is 0 Å². The van der Waals surface area contributed by atoms with E-state index >= 15 is 0 Å². The van der Waals surface area contributed by atoms with Crippen molar-refractivity contribution < 1.29 is 19.2 Å². The minimum absolute atomic E-state index is 0.230. The van der Waals surface area contributed by atoms with Gasteiger partial charge in [0.05, 0.1) is 0 Å². The molecule has 4 amide bonds. The van der Waals surface area contributed by atoms with Crippen molar-refractivity contribution in [2.75, 3.05) is 0 Å². The molecule has 1 heterocycles. The molecule has 0 radical (unpaired) electrons. The first-order chi connectivity index (χ1) is 17.2. The van der Waals surface area contributed by atoms with Gasteiger partial charge in [0.1, 0.15) is 24.2 Å². The Morgan fingerprint density at radius 2 is 0.861 bits per heavy atom. The lowest BCUT2D eigenvalue weighted by Crippen LogP contribution is -2.63. The summed E-state index contributed by atoms with van der Waals surface area (Å²) in [6.07, 6.45) is 0.483. The average molecular weight is 493 g/mol. The zero-order valence-electron chi connectivity index (χ0n) is 21.3. The van der Waals surface area contributed by atoms with Crippen LogP contribution in [0.2, 0.25) is 0 Å². The average Bonchev–Trinajstić information content (AvgIpc) is 2.84. The van der Waals surface area contributed by atoms with Crippen LogP contribution in [0.5, 0.6) is 0 Å². The molecule has 2 aromatic carbocycles. The summed E-state index contributed by atoms with van der Waals surface area (Å²) in [6.45, 7) is 7.28.